The zero-order chi connectivity index (χ0) is 8.97. The van der Waals surface area contributed by atoms with E-state index in [4.69, 9.17) is 5.73 Å². The minimum atomic E-state index is 0.237. The first-order valence-electron chi connectivity index (χ1n) is 4.11. The van der Waals surface area contributed by atoms with Gasteiger partial charge in [-0.15, -0.1) is 17.9 Å². The summed E-state index contributed by atoms with van der Waals surface area (Å²) in [5.74, 6) is 0. The van der Waals surface area contributed by atoms with Crippen LogP contribution in [0.2, 0.25) is 0 Å². The van der Waals surface area contributed by atoms with Gasteiger partial charge in [0.15, 0.2) is 0 Å². The molecule has 2 heteroatoms. The summed E-state index contributed by atoms with van der Waals surface area (Å²) >= 11 is 1.77. The lowest BCUT2D eigenvalue weighted by atomic mass is 10.1. The van der Waals surface area contributed by atoms with Crippen molar-refractivity contribution < 1.29 is 0 Å². The minimum Gasteiger partial charge on any atom is -0.327 e. The Hall–Kier alpha value is -0.600. The number of rotatable bonds is 4. The third-order valence-electron chi connectivity index (χ3n) is 1.65. The van der Waals surface area contributed by atoms with Gasteiger partial charge in [0.25, 0.3) is 0 Å². The zero-order valence-electron chi connectivity index (χ0n) is 7.42. The van der Waals surface area contributed by atoms with Crippen molar-refractivity contribution in [3.63, 3.8) is 0 Å². The van der Waals surface area contributed by atoms with E-state index in [-0.39, 0.29) is 6.04 Å². The molecule has 0 bridgehead atoms. The Labute approximate surface area is 77.9 Å². The van der Waals surface area contributed by atoms with Crippen molar-refractivity contribution in [1.29, 1.82) is 0 Å². The van der Waals surface area contributed by atoms with E-state index in [1.54, 1.807) is 11.3 Å². The third-order valence-corrected chi connectivity index (χ3v) is 2.55. The van der Waals surface area contributed by atoms with Gasteiger partial charge < -0.3 is 5.73 Å². The molecule has 66 valence electrons. The predicted molar refractivity (Wildman–Crippen MR) is 55.4 cm³/mol. The molecule has 0 saturated heterocycles. The molecule has 1 aromatic rings. The predicted octanol–water partition coefficient (Wildman–Crippen LogP) is 2.58. The molecule has 0 aliphatic carbocycles. The minimum absolute atomic E-state index is 0.237. The molecule has 1 atom stereocenters. The Balaban J connectivity index is 2.36. The average Bonchev–Trinajstić information content (AvgIpc) is 2.37. The quantitative estimate of drug-likeness (QED) is 0.710. The van der Waals surface area contributed by atoms with E-state index in [2.05, 4.69) is 24.1 Å². The molecule has 0 saturated carbocycles. The van der Waals surface area contributed by atoms with Gasteiger partial charge in [0, 0.05) is 10.9 Å². The van der Waals surface area contributed by atoms with Crippen molar-refractivity contribution in [2.24, 2.45) is 5.73 Å². The highest BCUT2D eigenvalue weighted by Gasteiger charge is 2.04. The van der Waals surface area contributed by atoms with Crippen LogP contribution in [0.3, 0.4) is 0 Å². The van der Waals surface area contributed by atoms with Gasteiger partial charge in [0.05, 0.1) is 0 Å². The van der Waals surface area contributed by atoms with E-state index in [1.165, 1.54) is 10.5 Å². The molecule has 2 N–H and O–H groups in total. The van der Waals surface area contributed by atoms with E-state index in [0.29, 0.717) is 0 Å². The lowest BCUT2D eigenvalue weighted by Gasteiger charge is -2.09. The largest absolute Gasteiger partial charge is 0.327 e. The normalized spacial score (nSPS) is 12.8. The maximum atomic E-state index is 5.91. The summed E-state index contributed by atoms with van der Waals surface area (Å²) in [6.45, 7) is 5.87. The maximum absolute atomic E-state index is 5.91. The summed E-state index contributed by atoms with van der Waals surface area (Å²) in [4.78, 5) is 1.36. The molecule has 1 unspecified atom stereocenters. The fraction of sp³-hybridized carbons (Fsp3) is 0.400. The van der Waals surface area contributed by atoms with Crippen molar-refractivity contribution in [2.75, 3.05) is 0 Å². The molecule has 0 aliphatic rings. The summed E-state index contributed by atoms with van der Waals surface area (Å²) in [6.07, 6.45) is 1.91. The highest BCUT2D eigenvalue weighted by atomic mass is 32.1. The number of hydrogen-bond donors (Lipinski definition) is 1. The van der Waals surface area contributed by atoms with Gasteiger partial charge in [-0.1, -0.05) is 11.6 Å². The van der Waals surface area contributed by atoms with E-state index >= 15 is 0 Å². The summed E-state index contributed by atoms with van der Waals surface area (Å²) in [6, 6.07) is 4.43. The average molecular weight is 181 g/mol. The standard InChI is InChI=1S/C10H15NS/c1-8(2)6-9(11)7-10-4-3-5-12-10/h3-5,9H,1,6-7,11H2,2H3. The highest BCUT2D eigenvalue weighted by molar-refractivity contribution is 7.09. The lowest BCUT2D eigenvalue weighted by Crippen LogP contribution is -2.22. The molecular formula is C10H15NS. The molecule has 0 aliphatic heterocycles. The van der Waals surface area contributed by atoms with Crippen LogP contribution in [0.25, 0.3) is 0 Å². The van der Waals surface area contributed by atoms with Crippen LogP contribution in [0.1, 0.15) is 18.2 Å². The van der Waals surface area contributed by atoms with Crippen LogP contribution in [-0.4, -0.2) is 6.04 Å². The lowest BCUT2D eigenvalue weighted by molar-refractivity contribution is 0.667. The molecule has 0 spiro atoms. The first kappa shape index (κ1) is 9.49. The van der Waals surface area contributed by atoms with Gasteiger partial charge >= 0.3 is 0 Å². The van der Waals surface area contributed by atoms with Crippen LogP contribution < -0.4 is 5.73 Å². The van der Waals surface area contributed by atoms with Crippen LogP contribution >= 0.6 is 11.3 Å². The molecule has 0 amide bonds. The molecule has 1 heterocycles. The molecule has 1 rings (SSSR count). The van der Waals surface area contributed by atoms with E-state index < -0.39 is 0 Å². The van der Waals surface area contributed by atoms with Crippen LogP contribution in [-0.2, 0) is 6.42 Å². The Kier molecular flexibility index (Phi) is 3.50. The first-order chi connectivity index (χ1) is 5.68. The number of hydrogen-bond acceptors (Lipinski definition) is 2. The Morgan fingerprint density at radius 1 is 1.75 bits per heavy atom. The van der Waals surface area contributed by atoms with Crippen molar-refractivity contribution >= 4 is 11.3 Å². The molecular weight excluding hydrogens is 166 g/mol. The summed E-state index contributed by atoms with van der Waals surface area (Å²) in [5.41, 5.74) is 7.08. The topological polar surface area (TPSA) is 26.0 Å². The van der Waals surface area contributed by atoms with Gasteiger partial charge in [0.1, 0.15) is 0 Å². The van der Waals surface area contributed by atoms with E-state index in [9.17, 15) is 0 Å². The third kappa shape index (κ3) is 3.20. The van der Waals surface area contributed by atoms with Crippen LogP contribution in [0, 0.1) is 0 Å². The van der Waals surface area contributed by atoms with Gasteiger partial charge in [-0.05, 0) is 31.2 Å². The van der Waals surface area contributed by atoms with Gasteiger partial charge in [-0.2, -0.15) is 0 Å². The highest BCUT2D eigenvalue weighted by Crippen LogP contribution is 2.13. The summed E-state index contributed by atoms with van der Waals surface area (Å²) in [5, 5.41) is 2.09. The maximum Gasteiger partial charge on any atom is 0.0124 e. The number of nitrogens with two attached hydrogens (primary N) is 1. The molecule has 0 radical (unpaired) electrons. The smallest absolute Gasteiger partial charge is 0.0124 e. The molecule has 0 aromatic carbocycles. The molecule has 0 fully saturated rings. The monoisotopic (exact) mass is 181 g/mol. The van der Waals surface area contributed by atoms with Crippen molar-refractivity contribution in [3.05, 3.63) is 34.5 Å². The van der Waals surface area contributed by atoms with Crippen LogP contribution in [0.15, 0.2) is 29.7 Å². The molecule has 1 aromatic heterocycles. The Morgan fingerprint density at radius 2 is 2.50 bits per heavy atom. The second-order valence-electron chi connectivity index (χ2n) is 3.20. The Bertz CT molecular complexity index is 238. The van der Waals surface area contributed by atoms with Crippen molar-refractivity contribution in [3.8, 4) is 0 Å². The van der Waals surface area contributed by atoms with Gasteiger partial charge in [-0.3, -0.25) is 0 Å². The molecule has 12 heavy (non-hydrogen) atoms. The molecule has 1 nitrogen and oxygen atoms in total. The number of thiophene rings is 1. The SMILES string of the molecule is C=C(C)CC(N)Cc1cccs1. The van der Waals surface area contributed by atoms with E-state index in [1.807, 2.05) is 6.92 Å². The van der Waals surface area contributed by atoms with Crippen molar-refractivity contribution in [1.82, 2.24) is 0 Å². The van der Waals surface area contributed by atoms with Crippen LogP contribution in [0.5, 0.6) is 0 Å². The van der Waals surface area contributed by atoms with Gasteiger partial charge in [0.2, 0.25) is 0 Å². The second-order valence-corrected chi connectivity index (χ2v) is 4.24. The summed E-state index contributed by atoms with van der Waals surface area (Å²) < 4.78 is 0. The Morgan fingerprint density at radius 3 is 3.00 bits per heavy atom. The van der Waals surface area contributed by atoms with Crippen LogP contribution in [0.4, 0.5) is 0 Å². The fourth-order valence-electron chi connectivity index (χ4n) is 1.21. The van der Waals surface area contributed by atoms with Crippen molar-refractivity contribution in [2.45, 2.75) is 25.8 Å². The van der Waals surface area contributed by atoms with E-state index in [0.717, 1.165) is 12.8 Å². The fourth-order valence-corrected chi connectivity index (χ4v) is 2.01. The van der Waals surface area contributed by atoms with Gasteiger partial charge in [-0.25, -0.2) is 0 Å². The first-order valence-corrected chi connectivity index (χ1v) is 4.99. The zero-order valence-corrected chi connectivity index (χ0v) is 8.23. The second kappa shape index (κ2) is 4.43. The summed E-state index contributed by atoms with van der Waals surface area (Å²) in [7, 11) is 0.